The zero-order valence-corrected chi connectivity index (χ0v) is 9.53. The minimum atomic E-state index is -0.954. The first-order valence-corrected chi connectivity index (χ1v) is 5.13. The van der Waals surface area contributed by atoms with Crippen LogP contribution < -0.4 is 10.1 Å². The molecule has 1 aromatic carbocycles. The predicted molar refractivity (Wildman–Crippen MR) is 53.9 cm³/mol. The van der Waals surface area contributed by atoms with Crippen molar-refractivity contribution in [3.8, 4) is 0 Å². The second-order valence-corrected chi connectivity index (χ2v) is 4.29. The third-order valence-corrected chi connectivity index (χ3v) is 2.56. The van der Waals surface area contributed by atoms with Crippen LogP contribution in [-0.4, -0.2) is 34.0 Å². The van der Waals surface area contributed by atoms with Crippen LogP contribution in [0.1, 0.15) is 5.56 Å². The average Bonchev–Trinajstić information content (AvgIpc) is 2.08. The molecule has 0 aliphatic rings. The summed E-state index contributed by atoms with van der Waals surface area (Å²) < 4.78 is 1.22. The van der Waals surface area contributed by atoms with Crippen LogP contribution in [0.2, 0.25) is 0 Å². The van der Waals surface area contributed by atoms with E-state index >= 15 is 0 Å². The molecule has 0 heterocycles. The maximum absolute atomic E-state index is 10.4. The van der Waals surface area contributed by atoms with Gasteiger partial charge in [0.1, 0.15) is 0 Å². The van der Waals surface area contributed by atoms with Crippen LogP contribution in [0.5, 0.6) is 0 Å². The quantitative estimate of drug-likeness (QED) is 0.660. The number of hydrogen-bond donors (Lipinski definition) is 2. The Morgan fingerprint density at radius 2 is 2.00 bits per heavy atom. The Hall–Kier alpha value is -0.792. The van der Waals surface area contributed by atoms with Crippen molar-refractivity contribution < 1.29 is 9.90 Å². The van der Waals surface area contributed by atoms with Gasteiger partial charge in [0.05, 0.1) is 0 Å². The van der Waals surface area contributed by atoms with Crippen molar-refractivity contribution in [2.45, 2.75) is 12.5 Å². The molecule has 4 heteroatoms. The van der Waals surface area contributed by atoms with Crippen molar-refractivity contribution >= 4 is 27.2 Å². The SMILES string of the molecule is NC(Cc1ccc([AsH2])cc1)C(=O)O. The Bertz CT molecular complexity index is 297. The summed E-state index contributed by atoms with van der Waals surface area (Å²) in [6.07, 6.45) is 0.391. The van der Waals surface area contributed by atoms with Gasteiger partial charge >= 0.3 is 85.1 Å². The molecule has 0 amide bonds. The molecule has 3 nitrogen and oxygen atoms in total. The molecular weight excluding hydrogens is 229 g/mol. The van der Waals surface area contributed by atoms with Crippen molar-refractivity contribution in [1.82, 2.24) is 0 Å². The Labute approximate surface area is 85.4 Å². The van der Waals surface area contributed by atoms with Gasteiger partial charge in [-0.3, -0.25) is 0 Å². The molecule has 0 saturated heterocycles. The summed E-state index contributed by atoms with van der Waals surface area (Å²) in [5, 5.41) is 8.58. The van der Waals surface area contributed by atoms with Crippen LogP contribution in [-0.2, 0) is 11.2 Å². The summed E-state index contributed by atoms with van der Waals surface area (Å²) in [7, 11) is 0. The van der Waals surface area contributed by atoms with E-state index in [2.05, 4.69) is 0 Å². The summed E-state index contributed by atoms with van der Waals surface area (Å²) in [5.74, 6) is -0.954. The van der Waals surface area contributed by atoms with E-state index in [1.807, 2.05) is 24.3 Å². The van der Waals surface area contributed by atoms with E-state index in [0.717, 1.165) is 5.56 Å². The second-order valence-electron chi connectivity index (χ2n) is 2.89. The number of benzene rings is 1. The van der Waals surface area contributed by atoms with Crippen molar-refractivity contribution in [3.63, 3.8) is 0 Å². The Morgan fingerprint density at radius 1 is 1.46 bits per heavy atom. The summed E-state index contributed by atoms with van der Waals surface area (Å²) in [5.41, 5.74) is 6.36. The third kappa shape index (κ3) is 3.21. The van der Waals surface area contributed by atoms with Crippen LogP contribution >= 0.6 is 0 Å². The van der Waals surface area contributed by atoms with Gasteiger partial charge < -0.3 is 0 Å². The van der Waals surface area contributed by atoms with E-state index in [1.165, 1.54) is 4.35 Å². The standard InChI is InChI=1S/C9H12AsNO2/c10-7-3-1-6(2-4-7)5-8(11)9(12)13/h1-4,8H,5,10-11H2,(H,12,13). The fourth-order valence-electron chi connectivity index (χ4n) is 0.995. The molecule has 2 atom stereocenters. The van der Waals surface area contributed by atoms with Gasteiger partial charge in [0.15, 0.2) is 0 Å². The molecule has 0 aliphatic heterocycles. The van der Waals surface area contributed by atoms with E-state index < -0.39 is 12.0 Å². The monoisotopic (exact) mass is 241 g/mol. The molecular formula is C9H12AsNO2. The number of nitrogens with two attached hydrogens (primary N) is 1. The minimum absolute atomic E-state index is 0.391. The van der Waals surface area contributed by atoms with Crippen LogP contribution in [0.3, 0.4) is 0 Å². The van der Waals surface area contributed by atoms with Crippen molar-refractivity contribution in [2.24, 2.45) is 5.73 Å². The van der Waals surface area contributed by atoms with Gasteiger partial charge in [-0.15, -0.1) is 0 Å². The molecule has 0 aliphatic carbocycles. The molecule has 0 bridgehead atoms. The number of rotatable bonds is 3. The zero-order valence-electron chi connectivity index (χ0n) is 7.10. The van der Waals surface area contributed by atoms with Crippen molar-refractivity contribution in [1.29, 1.82) is 0 Å². The molecule has 0 fully saturated rings. The number of carboxylic acids is 1. The molecule has 0 spiro atoms. The van der Waals surface area contributed by atoms with Crippen LogP contribution in [0.4, 0.5) is 0 Å². The van der Waals surface area contributed by atoms with Gasteiger partial charge in [0, 0.05) is 0 Å². The number of carboxylic acid groups (broad SMARTS) is 1. The molecule has 0 aromatic heterocycles. The Balaban J connectivity index is 2.64. The third-order valence-electron chi connectivity index (χ3n) is 1.75. The normalized spacial score (nSPS) is 12.5. The molecule has 1 rings (SSSR count). The van der Waals surface area contributed by atoms with Crippen LogP contribution in [0.25, 0.3) is 0 Å². The van der Waals surface area contributed by atoms with E-state index in [4.69, 9.17) is 10.8 Å². The van der Waals surface area contributed by atoms with Gasteiger partial charge in [-0.1, -0.05) is 0 Å². The van der Waals surface area contributed by atoms with Gasteiger partial charge in [-0.25, -0.2) is 0 Å². The molecule has 70 valence electrons. The first-order chi connectivity index (χ1) is 6.09. The summed E-state index contributed by atoms with van der Waals surface area (Å²) in [6.45, 7) is 0. The van der Waals surface area contributed by atoms with Crippen LogP contribution in [0.15, 0.2) is 24.3 Å². The van der Waals surface area contributed by atoms with E-state index in [9.17, 15) is 4.79 Å². The average molecular weight is 241 g/mol. The van der Waals surface area contributed by atoms with Gasteiger partial charge in [0.25, 0.3) is 0 Å². The van der Waals surface area contributed by atoms with Crippen molar-refractivity contribution in [2.75, 3.05) is 0 Å². The molecule has 3 N–H and O–H groups in total. The summed E-state index contributed by atoms with van der Waals surface area (Å²) in [4.78, 5) is 10.4. The first-order valence-electron chi connectivity index (χ1n) is 3.92. The van der Waals surface area contributed by atoms with Gasteiger partial charge in [-0.05, 0) is 0 Å². The first kappa shape index (κ1) is 10.3. The Morgan fingerprint density at radius 3 is 2.46 bits per heavy atom. The number of aliphatic carboxylic acids is 1. The molecule has 0 saturated carbocycles. The molecule has 2 unspecified atom stereocenters. The summed E-state index contributed by atoms with van der Waals surface area (Å²) in [6, 6.07) is 6.99. The van der Waals surface area contributed by atoms with Crippen LogP contribution in [0, 0.1) is 0 Å². The summed E-state index contributed by atoms with van der Waals surface area (Å²) >= 11 is 1.55. The van der Waals surface area contributed by atoms with E-state index in [0.29, 0.717) is 6.42 Å². The van der Waals surface area contributed by atoms with Gasteiger partial charge in [0.2, 0.25) is 0 Å². The van der Waals surface area contributed by atoms with E-state index in [1.54, 1.807) is 16.9 Å². The number of carbonyl (C=O) groups is 1. The number of hydrogen-bond acceptors (Lipinski definition) is 2. The van der Waals surface area contributed by atoms with Crippen molar-refractivity contribution in [3.05, 3.63) is 29.8 Å². The topological polar surface area (TPSA) is 63.3 Å². The van der Waals surface area contributed by atoms with Gasteiger partial charge in [-0.2, -0.15) is 0 Å². The molecule has 0 radical (unpaired) electrons. The zero-order chi connectivity index (χ0) is 9.84. The second kappa shape index (κ2) is 4.45. The predicted octanol–water partition coefficient (Wildman–Crippen LogP) is -1.10. The molecule has 1 aromatic rings. The fraction of sp³-hybridized carbons (Fsp3) is 0.222. The molecule has 13 heavy (non-hydrogen) atoms. The Kier molecular flexibility index (Phi) is 3.52. The maximum atomic E-state index is 10.4. The fourth-order valence-corrected chi connectivity index (χ4v) is 1.40. The van der Waals surface area contributed by atoms with E-state index in [-0.39, 0.29) is 0 Å².